The number of hydrogen-bond acceptors (Lipinski definition) is 4. The molecule has 0 heterocycles. The molecule has 1 aliphatic rings. The van der Waals surface area contributed by atoms with Crippen LogP contribution in [-0.2, 0) is 27.8 Å². The van der Waals surface area contributed by atoms with Crippen LogP contribution in [0.4, 0.5) is 11.4 Å². The number of aryl methyl sites for hydroxylation is 2. The van der Waals surface area contributed by atoms with Crippen molar-refractivity contribution in [2.24, 2.45) is 11.5 Å². The maximum atomic E-state index is 10.8. The molecule has 0 aliphatic heterocycles. The van der Waals surface area contributed by atoms with Crippen molar-refractivity contribution in [3.63, 3.8) is 0 Å². The maximum absolute atomic E-state index is 10.8. The van der Waals surface area contributed by atoms with Crippen molar-refractivity contribution in [3.05, 3.63) is 58.7 Å². The molecule has 3 rings (SSSR count). The molecule has 0 aromatic heterocycles. The molecule has 0 bridgehead atoms. The molecule has 0 unspecified atom stereocenters. The molecule has 27 heavy (non-hydrogen) atoms. The number of fused-ring (bicyclic) bond motifs is 2. The summed E-state index contributed by atoms with van der Waals surface area (Å²) in [6.45, 7) is 0.362. The summed E-state index contributed by atoms with van der Waals surface area (Å²) >= 11 is 0. The van der Waals surface area contributed by atoms with Gasteiger partial charge in [-0.15, -0.1) is 0 Å². The van der Waals surface area contributed by atoms with Crippen molar-refractivity contribution in [2.75, 3.05) is 17.2 Å². The van der Waals surface area contributed by atoms with E-state index in [4.69, 9.17) is 16.9 Å². The Morgan fingerprint density at radius 1 is 1.00 bits per heavy atom. The number of amides is 2. The predicted molar refractivity (Wildman–Crippen MR) is 106 cm³/mol. The van der Waals surface area contributed by atoms with Gasteiger partial charge in [0.15, 0.2) is 0 Å². The number of rotatable bonds is 7. The van der Waals surface area contributed by atoms with Crippen LogP contribution in [0.5, 0.6) is 0 Å². The van der Waals surface area contributed by atoms with E-state index in [1.807, 2.05) is 36.4 Å². The van der Waals surface area contributed by atoms with Crippen LogP contribution in [0, 0.1) is 5.41 Å². The largest absolute Gasteiger partial charge is 0.387 e. The van der Waals surface area contributed by atoms with Crippen LogP contribution < -0.4 is 22.1 Å². The van der Waals surface area contributed by atoms with E-state index in [1.54, 1.807) is 0 Å². The SMILES string of the molecule is N=C(N)C1(CCN)c2ccc(NC=O)cc2CCc2cc(NC=O)ccc21. The van der Waals surface area contributed by atoms with Gasteiger partial charge in [0, 0.05) is 11.4 Å². The zero-order valence-corrected chi connectivity index (χ0v) is 14.9. The Bertz CT molecular complexity index is 832. The average molecular weight is 365 g/mol. The van der Waals surface area contributed by atoms with Gasteiger partial charge in [0.1, 0.15) is 5.84 Å². The molecule has 0 saturated carbocycles. The normalized spacial score (nSPS) is 14.3. The molecular weight excluding hydrogens is 342 g/mol. The van der Waals surface area contributed by atoms with E-state index >= 15 is 0 Å². The minimum absolute atomic E-state index is 0.0320. The number of nitrogens with one attached hydrogen (secondary N) is 3. The molecular formula is C20H23N5O2. The minimum Gasteiger partial charge on any atom is -0.387 e. The smallest absolute Gasteiger partial charge is 0.211 e. The van der Waals surface area contributed by atoms with Crippen LogP contribution in [0.2, 0.25) is 0 Å². The zero-order valence-electron chi connectivity index (χ0n) is 14.9. The second kappa shape index (κ2) is 7.59. The monoisotopic (exact) mass is 365 g/mol. The molecule has 0 spiro atoms. The van der Waals surface area contributed by atoms with Gasteiger partial charge in [-0.2, -0.15) is 0 Å². The second-order valence-corrected chi connectivity index (χ2v) is 6.63. The van der Waals surface area contributed by atoms with Crippen LogP contribution in [-0.4, -0.2) is 25.2 Å². The molecule has 7 heteroatoms. The zero-order chi connectivity index (χ0) is 19.4. The molecule has 0 saturated heterocycles. The van der Waals surface area contributed by atoms with E-state index in [0.717, 1.165) is 35.1 Å². The third-order valence-electron chi connectivity index (χ3n) is 5.22. The van der Waals surface area contributed by atoms with Gasteiger partial charge in [0.05, 0.1) is 5.41 Å². The fraction of sp³-hybridized carbons (Fsp3) is 0.250. The van der Waals surface area contributed by atoms with E-state index in [9.17, 15) is 9.59 Å². The molecule has 2 aromatic carbocycles. The summed E-state index contributed by atoms with van der Waals surface area (Å²) < 4.78 is 0. The van der Waals surface area contributed by atoms with Crippen LogP contribution in [0.3, 0.4) is 0 Å². The summed E-state index contributed by atoms with van der Waals surface area (Å²) in [7, 11) is 0. The van der Waals surface area contributed by atoms with E-state index in [1.165, 1.54) is 0 Å². The second-order valence-electron chi connectivity index (χ2n) is 6.63. The summed E-state index contributed by atoms with van der Waals surface area (Å²) in [5.41, 5.74) is 16.6. The molecule has 0 radical (unpaired) electrons. The highest BCUT2D eigenvalue weighted by Crippen LogP contribution is 2.43. The summed E-state index contributed by atoms with van der Waals surface area (Å²) in [6, 6.07) is 11.3. The number of carbonyl (C=O) groups excluding carboxylic acids is 2. The average Bonchev–Trinajstić information content (AvgIpc) is 2.78. The Balaban J connectivity index is 2.26. The first kappa shape index (κ1) is 18.6. The van der Waals surface area contributed by atoms with Gasteiger partial charge in [0.25, 0.3) is 0 Å². The van der Waals surface area contributed by atoms with Crippen molar-refractivity contribution < 1.29 is 9.59 Å². The number of nitrogens with two attached hydrogens (primary N) is 2. The Kier molecular flexibility index (Phi) is 5.23. The minimum atomic E-state index is -0.838. The van der Waals surface area contributed by atoms with E-state index in [-0.39, 0.29) is 5.84 Å². The Morgan fingerprint density at radius 3 is 1.85 bits per heavy atom. The van der Waals surface area contributed by atoms with Crippen molar-refractivity contribution in [1.82, 2.24) is 0 Å². The Hall–Kier alpha value is -3.19. The molecule has 7 N–H and O–H groups in total. The summed E-state index contributed by atoms with van der Waals surface area (Å²) in [5.74, 6) is 0.0320. The molecule has 2 amide bonds. The van der Waals surface area contributed by atoms with Gasteiger partial charge in [-0.3, -0.25) is 15.0 Å². The molecule has 0 atom stereocenters. The van der Waals surface area contributed by atoms with E-state index in [0.29, 0.717) is 37.2 Å². The highest BCUT2D eigenvalue weighted by Gasteiger charge is 2.41. The summed E-state index contributed by atoms with van der Waals surface area (Å²) in [4.78, 5) is 21.6. The van der Waals surface area contributed by atoms with Gasteiger partial charge < -0.3 is 22.1 Å². The first-order valence-corrected chi connectivity index (χ1v) is 8.78. The molecule has 0 fully saturated rings. The fourth-order valence-electron chi connectivity index (χ4n) is 4.07. The molecule has 2 aromatic rings. The van der Waals surface area contributed by atoms with Crippen LogP contribution in [0.25, 0.3) is 0 Å². The first-order chi connectivity index (χ1) is 13.1. The van der Waals surface area contributed by atoms with Crippen molar-refractivity contribution in [1.29, 1.82) is 5.41 Å². The van der Waals surface area contributed by atoms with Gasteiger partial charge in [-0.05, 0) is 72.3 Å². The fourth-order valence-corrected chi connectivity index (χ4v) is 4.07. The Labute approximate surface area is 157 Å². The van der Waals surface area contributed by atoms with Crippen molar-refractivity contribution in [2.45, 2.75) is 24.7 Å². The maximum Gasteiger partial charge on any atom is 0.211 e. The van der Waals surface area contributed by atoms with Gasteiger partial charge in [-0.25, -0.2) is 0 Å². The van der Waals surface area contributed by atoms with Crippen molar-refractivity contribution >= 4 is 30.0 Å². The van der Waals surface area contributed by atoms with Crippen LogP contribution >= 0.6 is 0 Å². The van der Waals surface area contributed by atoms with Crippen LogP contribution in [0.15, 0.2) is 36.4 Å². The van der Waals surface area contributed by atoms with E-state index < -0.39 is 5.41 Å². The Morgan fingerprint density at radius 2 is 1.48 bits per heavy atom. The third-order valence-corrected chi connectivity index (χ3v) is 5.22. The van der Waals surface area contributed by atoms with Gasteiger partial charge in [0.2, 0.25) is 12.8 Å². The predicted octanol–water partition coefficient (Wildman–Crippen LogP) is 1.49. The lowest BCUT2D eigenvalue weighted by molar-refractivity contribution is -0.106. The lowest BCUT2D eigenvalue weighted by Gasteiger charge is -2.35. The topological polar surface area (TPSA) is 134 Å². The number of amidine groups is 1. The highest BCUT2D eigenvalue weighted by molar-refractivity contribution is 5.94. The molecule has 7 nitrogen and oxygen atoms in total. The lowest BCUT2D eigenvalue weighted by atomic mass is 9.69. The van der Waals surface area contributed by atoms with Gasteiger partial charge in [-0.1, -0.05) is 12.1 Å². The first-order valence-electron chi connectivity index (χ1n) is 8.78. The number of carbonyl (C=O) groups is 2. The number of hydrogen-bond donors (Lipinski definition) is 5. The summed E-state index contributed by atoms with van der Waals surface area (Å²) in [5, 5.41) is 13.8. The third kappa shape index (κ3) is 3.17. The van der Waals surface area contributed by atoms with Crippen LogP contribution in [0.1, 0.15) is 28.7 Å². The highest BCUT2D eigenvalue weighted by atomic mass is 16.1. The summed E-state index contributed by atoms with van der Waals surface area (Å²) in [6.07, 6.45) is 3.22. The number of benzene rings is 2. The molecule has 140 valence electrons. The van der Waals surface area contributed by atoms with Crippen molar-refractivity contribution in [3.8, 4) is 0 Å². The van der Waals surface area contributed by atoms with Gasteiger partial charge >= 0.3 is 0 Å². The standard InChI is InChI=1S/C20H23N5O2/c21-8-7-20(19(22)23)17-5-3-15(24-11-26)9-13(17)1-2-14-10-16(25-12-27)4-6-18(14)20/h3-6,9-12H,1-2,7-8,21H2,(H3,22,23)(H,24,26)(H,25,27). The number of anilines is 2. The lowest BCUT2D eigenvalue weighted by Crippen LogP contribution is -2.44. The van der Waals surface area contributed by atoms with E-state index in [2.05, 4.69) is 10.6 Å². The molecule has 1 aliphatic carbocycles. The quantitative estimate of drug-likeness (QED) is 0.289.